The van der Waals surface area contributed by atoms with Gasteiger partial charge < -0.3 is 18.9 Å². The monoisotopic (exact) mass is 459 g/mol. The third-order valence-corrected chi connectivity index (χ3v) is 5.58. The summed E-state index contributed by atoms with van der Waals surface area (Å²) >= 11 is 0. The lowest BCUT2D eigenvalue weighted by Gasteiger charge is -2.28. The maximum atomic E-state index is 12.5. The molecule has 0 bridgehead atoms. The molecule has 7 heteroatoms. The van der Waals surface area contributed by atoms with E-state index in [2.05, 4.69) is 46.4 Å². The number of benzene rings is 2. The first-order chi connectivity index (χ1) is 16.6. The second kappa shape index (κ2) is 11.3. The predicted molar refractivity (Wildman–Crippen MR) is 128 cm³/mol. The predicted octanol–water partition coefficient (Wildman–Crippen LogP) is 5.36. The van der Waals surface area contributed by atoms with Gasteiger partial charge in [-0.05, 0) is 49.2 Å². The fraction of sp³-hybridized carbons (Fsp3) is 0.259. The number of amides is 1. The minimum Gasteiger partial charge on any atom is -0.494 e. The van der Waals surface area contributed by atoms with Crippen molar-refractivity contribution in [3.05, 3.63) is 108 Å². The molecule has 7 nitrogen and oxygen atoms in total. The second-order valence-corrected chi connectivity index (χ2v) is 7.96. The van der Waals surface area contributed by atoms with Crippen LogP contribution in [0, 0.1) is 0 Å². The average Bonchev–Trinajstić information content (AvgIpc) is 3.56. The van der Waals surface area contributed by atoms with E-state index in [-0.39, 0.29) is 17.6 Å². The molecule has 176 valence electrons. The Labute approximate surface area is 199 Å². The lowest BCUT2D eigenvalue weighted by atomic mass is 10.1. The molecule has 0 spiro atoms. The molecule has 0 radical (unpaired) electrons. The molecule has 1 atom stereocenters. The smallest absolute Gasteiger partial charge is 0.273 e. The zero-order valence-electron chi connectivity index (χ0n) is 19.4. The Bertz CT molecular complexity index is 1150. The standard InChI is InChI=1S/C27H29N3O4/c1-3-32-23-13-11-21(12-14-23)17-30(20(2)22-8-5-4-6-9-22)18-26-29-25(19-34-26)27(31)28-16-24-10-7-15-33-24/h4-15,19-20H,3,16-18H2,1-2H3,(H,28,31)/t20-/m1/s1. The SMILES string of the molecule is CCOc1ccc(CN(Cc2nc(C(=O)NCc3ccco3)co2)[C@H](C)c2ccccc2)cc1. The highest BCUT2D eigenvalue weighted by Crippen LogP contribution is 2.25. The molecule has 2 heterocycles. The van der Waals surface area contributed by atoms with Gasteiger partial charge in [0.1, 0.15) is 17.8 Å². The molecule has 4 rings (SSSR count). The third-order valence-electron chi connectivity index (χ3n) is 5.58. The van der Waals surface area contributed by atoms with Crippen LogP contribution in [-0.2, 0) is 19.6 Å². The Morgan fingerprint density at radius 2 is 1.82 bits per heavy atom. The molecular formula is C27H29N3O4. The van der Waals surface area contributed by atoms with Gasteiger partial charge in [0.2, 0.25) is 5.89 Å². The van der Waals surface area contributed by atoms with E-state index >= 15 is 0 Å². The number of hydrogen-bond donors (Lipinski definition) is 1. The lowest BCUT2D eigenvalue weighted by Crippen LogP contribution is -2.27. The summed E-state index contributed by atoms with van der Waals surface area (Å²) < 4.78 is 16.5. The third kappa shape index (κ3) is 6.14. The maximum Gasteiger partial charge on any atom is 0.273 e. The van der Waals surface area contributed by atoms with Crippen LogP contribution in [0.15, 0.2) is 88.1 Å². The summed E-state index contributed by atoms with van der Waals surface area (Å²) in [7, 11) is 0. The molecule has 0 unspecified atom stereocenters. The van der Waals surface area contributed by atoms with Crippen LogP contribution in [0.4, 0.5) is 0 Å². The fourth-order valence-electron chi connectivity index (χ4n) is 3.70. The molecule has 1 amide bonds. The molecular weight excluding hydrogens is 430 g/mol. The van der Waals surface area contributed by atoms with Crippen molar-refractivity contribution in [1.29, 1.82) is 0 Å². The number of carbonyl (C=O) groups is 1. The van der Waals surface area contributed by atoms with Gasteiger partial charge in [0.15, 0.2) is 5.69 Å². The average molecular weight is 460 g/mol. The van der Waals surface area contributed by atoms with Crippen LogP contribution >= 0.6 is 0 Å². The van der Waals surface area contributed by atoms with Gasteiger partial charge in [-0.15, -0.1) is 0 Å². The Balaban J connectivity index is 1.47. The number of rotatable bonds is 11. The minimum absolute atomic E-state index is 0.107. The van der Waals surface area contributed by atoms with Crippen LogP contribution in [0.3, 0.4) is 0 Å². The number of carbonyl (C=O) groups excluding carboxylic acids is 1. The first-order valence-corrected chi connectivity index (χ1v) is 11.4. The molecule has 0 saturated heterocycles. The molecule has 0 aliphatic carbocycles. The van der Waals surface area contributed by atoms with Crippen LogP contribution in [0.25, 0.3) is 0 Å². The Hall–Kier alpha value is -3.84. The number of aromatic nitrogens is 1. The molecule has 2 aromatic carbocycles. The number of oxazole rings is 1. The van der Waals surface area contributed by atoms with Crippen LogP contribution in [0.5, 0.6) is 5.75 Å². The number of furan rings is 1. The molecule has 2 aromatic heterocycles. The van der Waals surface area contributed by atoms with Crippen molar-refractivity contribution >= 4 is 5.91 Å². The van der Waals surface area contributed by atoms with Crippen molar-refractivity contribution in [2.45, 2.75) is 39.5 Å². The molecule has 4 aromatic rings. The van der Waals surface area contributed by atoms with E-state index in [0.29, 0.717) is 37.9 Å². The molecule has 0 aliphatic heterocycles. The van der Waals surface area contributed by atoms with Gasteiger partial charge in [-0.2, -0.15) is 0 Å². The highest BCUT2D eigenvalue weighted by Gasteiger charge is 2.20. The summed E-state index contributed by atoms with van der Waals surface area (Å²) in [4.78, 5) is 19.2. The van der Waals surface area contributed by atoms with Crippen molar-refractivity contribution in [3.8, 4) is 5.75 Å². The molecule has 0 fully saturated rings. The van der Waals surface area contributed by atoms with Crippen LogP contribution in [-0.4, -0.2) is 22.4 Å². The highest BCUT2D eigenvalue weighted by atomic mass is 16.5. The van der Waals surface area contributed by atoms with E-state index in [1.54, 1.807) is 18.4 Å². The molecule has 0 aliphatic rings. The summed E-state index contributed by atoms with van der Waals surface area (Å²) in [5.74, 6) is 1.71. The zero-order valence-corrected chi connectivity index (χ0v) is 19.4. The summed E-state index contributed by atoms with van der Waals surface area (Å²) in [6.07, 6.45) is 2.97. The van der Waals surface area contributed by atoms with E-state index in [1.165, 1.54) is 11.8 Å². The fourth-order valence-corrected chi connectivity index (χ4v) is 3.70. The number of ether oxygens (including phenoxy) is 1. The minimum atomic E-state index is -0.305. The van der Waals surface area contributed by atoms with E-state index < -0.39 is 0 Å². The number of nitrogens with one attached hydrogen (secondary N) is 1. The lowest BCUT2D eigenvalue weighted by molar-refractivity contribution is 0.0943. The zero-order chi connectivity index (χ0) is 23.8. The van der Waals surface area contributed by atoms with Crippen LogP contribution in [0.2, 0.25) is 0 Å². The summed E-state index contributed by atoms with van der Waals surface area (Å²) in [5.41, 5.74) is 2.58. The summed E-state index contributed by atoms with van der Waals surface area (Å²) in [6, 6.07) is 22.1. The van der Waals surface area contributed by atoms with Crippen LogP contribution in [0.1, 0.15) is 53.2 Å². The quantitative estimate of drug-likeness (QED) is 0.325. The summed E-state index contributed by atoms with van der Waals surface area (Å²) in [6.45, 7) is 6.20. The second-order valence-electron chi connectivity index (χ2n) is 7.96. The van der Waals surface area contributed by atoms with E-state index in [1.807, 2.05) is 37.3 Å². The van der Waals surface area contributed by atoms with Crippen molar-refractivity contribution in [1.82, 2.24) is 15.2 Å². The largest absolute Gasteiger partial charge is 0.494 e. The Morgan fingerprint density at radius 3 is 2.53 bits per heavy atom. The van der Waals surface area contributed by atoms with Crippen molar-refractivity contribution < 1.29 is 18.4 Å². The van der Waals surface area contributed by atoms with E-state index in [4.69, 9.17) is 13.6 Å². The highest BCUT2D eigenvalue weighted by molar-refractivity contribution is 5.91. The maximum absolute atomic E-state index is 12.5. The van der Waals surface area contributed by atoms with Gasteiger partial charge in [0.05, 0.1) is 26.0 Å². The van der Waals surface area contributed by atoms with Crippen molar-refractivity contribution in [3.63, 3.8) is 0 Å². The van der Waals surface area contributed by atoms with Crippen LogP contribution < -0.4 is 10.1 Å². The normalized spacial score (nSPS) is 12.0. The van der Waals surface area contributed by atoms with Gasteiger partial charge in [0, 0.05) is 12.6 Å². The number of nitrogens with zero attached hydrogens (tertiary/aromatic N) is 2. The first kappa shape index (κ1) is 23.3. The van der Waals surface area contributed by atoms with E-state index in [9.17, 15) is 4.79 Å². The van der Waals surface area contributed by atoms with Gasteiger partial charge in [0.25, 0.3) is 5.91 Å². The van der Waals surface area contributed by atoms with E-state index in [0.717, 1.165) is 11.3 Å². The Morgan fingerprint density at radius 1 is 1.03 bits per heavy atom. The van der Waals surface area contributed by atoms with Crippen molar-refractivity contribution in [2.24, 2.45) is 0 Å². The van der Waals surface area contributed by atoms with Gasteiger partial charge in [-0.25, -0.2) is 4.98 Å². The summed E-state index contributed by atoms with van der Waals surface area (Å²) in [5, 5.41) is 2.79. The van der Waals surface area contributed by atoms with Crippen molar-refractivity contribution in [2.75, 3.05) is 6.61 Å². The van der Waals surface area contributed by atoms with Gasteiger partial charge >= 0.3 is 0 Å². The number of hydrogen-bond acceptors (Lipinski definition) is 6. The van der Waals surface area contributed by atoms with Gasteiger partial charge in [-0.3, -0.25) is 9.69 Å². The first-order valence-electron chi connectivity index (χ1n) is 11.4. The Kier molecular flexibility index (Phi) is 7.78. The molecule has 1 N–H and O–H groups in total. The van der Waals surface area contributed by atoms with Gasteiger partial charge in [-0.1, -0.05) is 42.5 Å². The molecule has 34 heavy (non-hydrogen) atoms. The molecule has 0 saturated carbocycles. The topological polar surface area (TPSA) is 80.7 Å².